The molecule has 0 unspecified atom stereocenters. The Balaban J connectivity index is 1.84. The molecular weight excluding hydrogens is 272 g/mol. The number of aryl methyl sites for hydroxylation is 1. The number of anilines is 1. The van der Waals surface area contributed by atoms with Crippen LogP contribution in [0.5, 0.6) is 0 Å². The molecule has 10 nitrogen and oxygen atoms in total. The maximum Gasteiger partial charge on any atom is 0.322 e. The minimum Gasteiger partial charge on any atom is -0.408 e. The second-order valence-electron chi connectivity index (χ2n) is 3.44. The summed E-state index contributed by atoms with van der Waals surface area (Å²) in [5, 5.41) is 21.3. The fourth-order valence-corrected chi connectivity index (χ4v) is 1.90. The maximum absolute atomic E-state index is 11.6. The Kier molecular flexibility index (Phi) is 4.41. The van der Waals surface area contributed by atoms with Crippen molar-refractivity contribution >= 4 is 23.7 Å². The Hall–Kier alpha value is -2.01. The minimum atomic E-state index is -0.282. The minimum absolute atomic E-state index is 0.0738. The number of thioether (sulfide) groups is 1. The number of hydrogen-bond acceptors (Lipinski definition) is 9. The van der Waals surface area contributed by atoms with Crippen molar-refractivity contribution in [1.29, 1.82) is 0 Å². The number of aromatic nitrogens is 6. The molecule has 0 radical (unpaired) electrons. The molecule has 3 N–H and O–H groups in total. The average Bonchev–Trinajstić information content (AvgIpc) is 2.97. The van der Waals surface area contributed by atoms with Crippen molar-refractivity contribution in [1.82, 2.24) is 30.4 Å². The van der Waals surface area contributed by atoms with Crippen molar-refractivity contribution in [3.63, 3.8) is 0 Å². The molecule has 0 aliphatic carbocycles. The van der Waals surface area contributed by atoms with Gasteiger partial charge >= 0.3 is 6.01 Å². The highest BCUT2D eigenvalue weighted by molar-refractivity contribution is 7.99. The monoisotopic (exact) mass is 284 g/mol. The van der Waals surface area contributed by atoms with E-state index in [1.807, 2.05) is 0 Å². The topological polar surface area (TPSA) is 138 Å². The van der Waals surface area contributed by atoms with E-state index in [0.29, 0.717) is 24.1 Å². The molecule has 0 fully saturated rings. The van der Waals surface area contributed by atoms with Gasteiger partial charge in [-0.05, 0) is 10.4 Å². The molecule has 11 heteroatoms. The second kappa shape index (κ2) is 6.24. The summed E-state index contributed by atoms with van der Waals surface area (Å²) in [5.74, 6) is 0.234. The summed E-state index contributed by atoms with van der Waals surface area (Å²) in [6.07, 6.45) is 0. The van der Waals surface area contributed by atoms with Crippen LogP contribution in [0.3, 0.4) is 0 Å². The van der Waals surface area contributed by atoms with Crippen LogP contribution in [-0.4, -0.2) is 48.6 Å². The van der Waals surface area contributed by atoms with Gasteiger partial charge in [-0.15, -0.1) is 10.2 Å². The lowest BCUT2D eigenvalue weighted by atomic mass is 10.7. The van der Waals surface area contributed by atoms with Crippen LogP contribution >= 0.6 is 11.8 Å². The molecule has 102 valence electrons. The van der Waals surface area contributed by atoms with E-state index in [1.165, 1.54) is 16.4 Å². The number of hydrogen-bond donors (Lipinski definition) is 2. The summed E-state index contributed by atoms with van der Waals surface area (Å²) in [6.45, 7) is 2.56. The molecule has 0 bridgehead atoms. The van der Waals surface area contributed by atoms with Gasteiger partial charge < -0.3 is 10.2 Å². The third-order valence-corrected chi connectivity index (χ3v) is 2.90. The molecular formula is C8H12N8O2S. The molecule has 2 heterocycles. The molecule has 2 rings (SSSR count). The molecule has 2 aromatic rings. The number of tetrazole rings is 1. The molecule has 0 aromatic carbocycles. The van der Waals surface area contributed by atoms with Crippen LogP contribution < -0.4 is 11.1 Å². The lowest BCUT2D eigenvalue weighted by Gasteiger charge is -2.01. The second-order valence-corrected chi connectivity index (χ2v) is 4.38. The fraction of sp³-hybridized carbons (Fsp3) is 0.500. The zero-order valence-corrected chi connectivity index (χ0v) is 10.9. The van der Waals surface area contributed by atoms with Gasteiger partial charge in [-0.25, -0.2) is 4.68 Å². The number of carbonyl (C=O) groups is 1. The number of rotatable bonds is 6. The number of carbonyl (C=O) groups excluding carboxylic acids is 1. The molecule has 0 saturated heterocycles. The molecule has 19 heavy (non-hydrogen) atoms. The van der Waals surface area contributed by atoms with Gasteiger partial charge in [0.1, 0.15) is 0 Å². The Morgan fingerprint density at radius 2 is 2.32 bits per heavy atom. The third-order valence-electron chi connectivity index (χ3n) is 1.94. The molecule has 0 saturated carbocycles. The zero-order chi connectivity index (χ0) is 13.7. The van der Waals surface area contributed by atoms with Crippen LogP contribution in [0.15, 0.2) is 9.57 Å². The molecule has 0 aliphatic heterocycles. The molecule has 1 amide bonds. The zero-order valence-electron chi connectivity index (χ0n) is 10.1. The van der Waals surface area contributed by atoms with Gasteiger partial charge in [-0.3, -0.25) is 10.1 Å². The summed E-state index contributed by atoms with van der Waals surface area (Å²) in [7, 11) is 0. The number of nitrogens with one attached hydrogen (secondary N) is 1. The number of amides is 1. The highest BCUT2D eigenvalue weighted by atomic mass is 32.2. The van der Waals surface area contributed by atoms with Gasteiger partial charge in [0.2, 0.25) is 17.0 Å². The lowest BCUT2D eigenvalue weighted by molar-refractivity contribution is -0.113. The first-order chi connectivity index (χ1) is 9.19. The standard InChI is InChI=1S/C8H12N8O2S/c1-5-11-12-7(18-5)10-6(17)4-19-8-13-14-15-16(8)3-2-9/h2-4,9H2,1H3,(H,10,12,17). The molecule has 0 aliphatic rings. The van der Waals surface area contributed by atoms with Crippen molar-refractivity contribution < 1.29 is 9.21 Å². The van der Waals surface area contributed by atoms with Gasteiger partial charge in [0.25, 0.3) is 0 Å². The van der Waals surface area contributed by atoms with Crippen LogP contribution in [-0.2, 0) is 11.3 Å². The fourth-order valence-electron chi connectivity index (χ4n) is 1.19. The SMILES string of the molecule is Cc1nnc(NC(=O)CSc2nnnn2CCN)o1. The van der Waals surface area contributed by atoms with Gasteiger partial charge in [0.05, 0.1) is 12.3 Å². The van der Waals surface area contributed by atoms with Crippen LogP contribution in [0, 0.1) is 6.92 Å². The highest BCUT2D eigenvalue weighted by Crippen LogP contribution is 2.13. The Labute approximate surface area is 112 Å². The summed E-state index contributed by atoms with van der Waals surface area (Å²) < 4.78 is 6.56. The van der Waals surface area contributed by atoms with E-state index in [9.17, 15) is 4.79 Å². The number of nitrogens with two attached hydrogens (primary N) is 1. The van der Waals surface area contributed by atoms with Gasteiger partial charge in [-0.2, -0.15) is 0 Å². The number of nitrogens with zero attached hydrogens (tertiary/aromatic N) is 6. The summed E-state index contributed by atoms with van der Waals surface area (Å²) in [6, 6.07) is 0.0738. The van der Waals surface area contributed by atoms with Crippen LogP contribution in [0.1, 0.15) is 5.89 Å². The van der Waals surface area contributed by atoms with Gasteiger partial charge in [-0.1, -0.05) is 16.9 Å². The van der Waals surface area contributed by atoms with E-state index < -0.39 is 0 Å². The molecule has 0 spiro atoms. The average molecular weight is 284 g/mol. The lowest BCUT2D eigenvalue weighted by Crippen LogP contribution is -2.16. The van der Waals surface area contributed by atoms with Crippen LogP contribution in [0.25, 0.3) is 0 Å². The largest absolute Gasteiger partial charge is 0.408 e. The Morgan fingerprint density at radius 1 is 1.47 bits per heavy atom. The van der Waals surface area contributed by atoms with Crippen molar-refractivity contribution in [2.24, 2.45) is 5.73 Å². The first kappa shape index (κ1) is 13.4. The first-order valence-electron chi connectivity index (χ1n) is 5.38. The Morgan fingerprint density at radius 3 is 3.00 bits per heavy atom. The predicted molar refractivity (Wildman–Crippen MR) is 65.3 cm³/mol. The van der Waals surface area contributed by atoms with Crippen molar-refractivity contribution in [3.8, 4) is 0 Å². The van der Waals surface area contributed by atoms with Crippen molar-refractivity contribution in [2.45, 2.75) is 18.6 Å². The van der Waals surface area contributed by atoms with Crippen LogP contribution in [0.2, 0.25) is 0 Å². The molecule has 0 atom stereocenters. The van der Waals surface area contributed by atoms with E-state index >= 15 is 0 Å². The van der Waals surface area contributed by atoms with Crippen molar-refractivity contribution in [2.75, 3.05) is 17.6 Å². The summed E-state index contributed by atoms with van der Waals surface area (Å²) in [4.78, 5) is 11.6. The van der Waals surface area contributed by atoms with E-state index in [-0.39, 0.29) is 17.7 Å². The highest BCUT2D eigenvalue weighted by Gasteiger charge is 2.11. The van der Waals surface area contributed by atoms with E-state index in [4.69, 9.17) is 10.2 Å². The summed E-state index contributed by atoms with van der Waals surface area (Å²) in [5.41, 5.74) is 5.42. The first-order valence-corrected chi connectivity index (χ1v) is 6.36. The normalized spacial score (nSPS) is 10.6. The van der Waals surface area contributed by atoms with Gasteiger partial charge in [0, 0.05) is 13.5 Å². The van der Waals surface area contributed by atoms with E-state index in [2.05, 4.69) is 31.0 Å². The van der Waals surface area contributed by atoms with Gasteiger partial charge in [0.15, 0.2) is 0 Å². The van der Waals surface area contributed by atoms with E-state index in [1.54, 1.807) is 6.92 Å². The predicted octanol–water partition coefficient (Wildman–Crippen LogP) is -0.946. The smallest absolute Gasteiger partial charge is 0.322 e. The third kappa shape index (κ3) is 3.72. The Bertz CT molecular complexity index is 552. The van der Waals surface area contributed by atoms with E-state index in [0.717, 1.165) is 0 Å². The molecule has 2 aromatic heterocycles. The van der Waals surface area contributed by atoms with Crippen LogP contribution in [0.4, 0.5) is 6.01 Å². The van der Waals surface area contributed by atoms with Crippen molar-refractivity contribution in [3.05, 3.63) is 5.89 Å². The maximum atomic E-state index is 11.6. The quantitative estimate of drug-likeness (QED) is 0.643. The summed E-state index contributed by atoms with van der Waals surface area (Å²) >= 11 is 1.20.